The molecule has 0 saturated carbocycles. The van der Waals surface area contributed by atoms with Crippen LogP contribution in [0.25, 0.3) is 0 Å². The van der Waals surface area contributed by atoms with Crippen LogP contribution in [0.4, 0.5) is 0 Å². The van der Waals surface area contributed by atoms with Gasteiger partial charge in [0.1, 0.15) is 18.1 Å². The van der Waals surface area contributed by atoms with Crippen molar-refractivity contribution in [1.82, 2.24) is 16.0 Å². The zero-order valence-corrected chi connectivity index (χ0v) is 18.6. The summed E-state index contributed by atoms with van der Waals surface area (Å²) in [5.74, 6) is -4.41. The minimum absolute atomic E-state index is 0.0707. The van der Waals surface area contributed by atoms with Crippen LogP contribution >= 0.6 is 12.6 Å². The minimum Gasteiger partial charge on any atom is -0.480 e. The van der Waals surface area contributed by atoms with Crippen molar-refractivity contribution < 1.29 is 29.1 Å². The van der Waals surface area contributed by atoms with Crippen LogP contribution in [0.5, 0.6) is 0 Å². The predicted molar refractivity (Wildman–Crippen MR) is 119 cm³/mol. The van der Waals surface area contributed by atoms with Crippen LogP contribution in [-0.2, 0) is 24.0 Å². The first kappa shape index (κ1) is 28.9. The minimum atomic E-state index is -1.37. The number of rotatable bonds is 15. The van der Waals surface area contributed by atoms with Crippen molar-refractivity contribution >= 4 is 48.2 Å². The Morgan fingerprint density at radius 2 is 1.53 bits per heavy atom. The zero-order valence-electron chi connectivity index (χ0n) is 17.7. The number of hydrogen-bond donors (Lipinski definition) is 9. The summed E-state index contributed by atoms with van der Waals surface area (Å²) in [6.07, 6.45) is 0.275. The normalized spacial score (nSPS) is 14.2. The topological polar surface area (TPSA) is 258 Å². The second kappa shape index (κ2) is 14.9. The number of thiol groups is 1. The van der Waals surface area contributed by atoms with Crippen LogP contribution in [0.3, 0.4) is 0 Å². The number of primary amides is 1. The van der Waals surface area contributed by atoms with Gasteiger partial charge in [0.15, 0.2) is 5.96 Å². The highest BCUT2D eigenvalue weighted by atomic mass is 32.1. The van der Waals surface area contributed by atoms with E-state index in [1.807, 2.05) is 0 Å². The molecule has 15 heteroatoms. The predicted octanol–water partition coefficient (Wildman–Crippen LogP) is -3.88. The molecule has 0 spiro atoms. The third-order valence-corrected chi connectivity index (χ3v) is 4.53. The van der Waals surface area contributed by atoms with E-state index in [2.05, 4.69) is 33.6 Å². The summed E-state index contributed by atoms with van der Waals surface area (Å²) >= 11 is 3.99. The molecule has 0 radical (unpaired) electrons. The first-order valence-electron chi connectivity index (χ1n) is 9.73. The second-order valence-corrected chi connectivity index (χ2v) is 7.30. The van der Waals surface area contributed by atoms with Crippen molar-refractivity contribution in [3.05, 3.63) is 0 Å². The van der Waals surface area contributed by atoms with Crippen LogP contribution in [0.2, 0.25) is 0 Å². The standard InChI is InChI=1S/C17H32N8O6S/c1-8(23-14(28)9(18)3-2-6-22-17(20)21)13(27)25-11(7-32)15(29)24-10(16(30)31)4-5-12(19)26/h8-11,32H,2-7,18H2,1H3,(H2,19,26)(H,23,28)(H,24,29)(H,25,27)(H,30,31)(H4,20,21,22). The van der Waals surface area contributed by atoms with Crippen molar-refractivity contribution in [2.24, 2.45) is 27.9 Å². The molecule has 0 aromatic carbocycles. The van der Waals surface area contributed by atoms with Crippen molar-refractivity contribution in [3.63, 3.8) is 0 Å². The average Bonchev–Trinajstić information content (AvgIpc) is 2.70. The number of nitrogens with one attached hydrogen (secondary N) is 3. The van der Waals surface area contributed by atoms with Gasteiger partial charge in [0.25, 0.3) is 0 Å². The molecule has 4 atom stereocenters. The maximum atomic E-state index is 12.3. The van der Waals surface area contributed by atoms with Gasteiger partial charge in [-0.15, -0.1) is 0 Å². The Morgan fingerprint density at radius 3 is 2.03 bits per heavy atom. The molecule has 0 fully saturated rings. The summed E-state index contributed by atoms with van der Waals surface area (Å²) in [6, 6.07) is -4.49. The fourth-order valence-corrected chi connectivity index (χ4v) is 2.60. The van der Waals surface area contributed by atoms with Crippen LogP contribution in [0.1, 0.15) is 32.6 Å². The van der Waals surface area contributed by atoms with Gasteiger partial charge < -0.3 is 44.0 Å². The number of carbonyl (C=O) groups is 5. The maximum Gasteiger partial charge on any atom is 0.326 e. The smallest absolute Gasteiger partial charge is 0.326 e. The highest BCUT2D eigenvalue weighted by Gasteiger charge is 2.28. The third-order valence-electron chi connectivity index (χ3n) is 4.17. The van der Waals surface area contributed by atoms with Gasteiger partial charge in [0.05, 0.1) is 6.04 Å². The van der Waals surface area contributed by atoms with E-state index in [1.54, 1.807) is 0 Å². The Labute approximate surface area is 190 Å². The van der Waals surface area contributed by atoms with Crippen molar-refractivity contribution in [3.8, 4) is 0 Å². The Bertz CT molecular complexity index is 715. The quantitative estimate of drug-likeness (QED) is 0.0483. The number of aliphatic imine (C=N–C) groups is 1. The van der Waals surface area contributed by atoms with E-state index in [4.69, 9.17) is 28.0 Å². The Hall–Kier alpha value is -3.07. The molecule has 0 saturated heterocycles. The van der Waals surface area contributed by atoms with E-state index >= 15 is 0 Å². The lowest BCUT2D eigenvalue weighted by atomic mass is 10.1. The number of nitrogens with two attached hydrogens (primary N) is 4. The van der Waals surface area contributed by atoms with Crippen LogP contribution in [-0.4, -0.2) is 77.1 Å². The first-order valence-corrected chi connectivity index (χ1v) is 10.4. The molecule has 0 heterocycles. The summed E-state index contributed by atoms with van der Waals surface area (Å²) in [5.41, 5.74) is 21.2. The summed E-state index contributed by atoms with van der Waals surface area (Å²) in [5, 5.41) is 16.2. The fourth-order valence-electron chi connectivity index (χ4n) is 2.34. The Balaban J connectivity index is 4.74. The summed E-state index contributed by atoms with van der Waals surface area (Å²) < 4.78 is 0. The number of hydrogen-bond acceptors (Lipinski definition) is 8. The molecule has 0 rings (SSSR count). The number of amides is 4. The lowest BCUT2D eigenvalue weighted by Gasteiger charge is -2.22. The molecular weight excluding hydrogens is 444 g/mol. The molecule has 0 bridgehead atoms. The summed E-state index contributed by atoms with van der Waals surface area (Å²) in [7, 11) is 0. The molecule has 4 amide bonds. The SMILES string of the molecule is CC(NC(=O)C(N)CCCN=C(N)N)C(=O)NC(CS)C(=O)NC(CCC(N)=O)C(=O)O. The number of guanidine groups is 1. The molecule has 12 N–H and O–H groups in total. The fraction of sp³-hybridized carbons (Fsp3) is 0.647. The van der Waals surface area contributed by atoms with Crippen LogP contribution in [0, 0.1) is 0 Å². The van der Waals surface area contributed by atoms with E-state index in [0.29, 0.717) is 13.0 Å². The highest BCUT2D eigenvalue weighted by Crippen LogP contribution is 2.01. The van der Waals surface area contributed by atoms with Gasteiger partial charge in [-0.2, -0.15) is 12.6 Å². The summed E-state index contributed by atoms with van der Waals surface area (Å²) in [4.78, 5) is 62.7. The second-order valence-electron chi connectivity index (χ2n) is 6.93. The largest absolute Gasteiger partial charge is 0.480 e. The van der Waals surface area contributed by atoms with E-state index < -0.39 is 53.8 Å². The third kappa shape index (κ3) is 11.9. The monoisotopic (exact) mass is 476 g/mol. The van der Waals surface area contributed by atoms with Crippen molar-refractivity contribution in [1.29, 1.82) is 0 Å². The number of aliphatic carboxylic acids is 1. The number of carboxylic acid groups (broad SMARTS) is 1. The molecule has 0 aliphatic rings. The average molecular weight is 477 g/mol. The number of carboxylic acids is 1. The molecule has 0 aromatic rings. The summed E-state index contributed by atoms with van der Waals surface area (Å²) in [6.45, 7) is 1.69. The number of carbonyl (C=O) groups excluding carboxylic acids is 4. The van der Waals surface area contributed by atoms with Gasteiger partial charge in [-0.3, -0.25) is 24.2 Å². The van der Waals surface area contributed by atoms with Gasteiger partial charge in [0.2, 0.25) is 23.6 Å². The van der Waals surface area contributed by atoms with Gasteiger partial charge in [0, 0.05) is 18.7 Å². The van der Waals surface area contributed by atoms with Crippen molar-refractivity contribution in [2.45, 2.75) is 56.8 Å². The van der Waals surface area contributed by atoms with Gasteiger partial charge >= 0.3 is 5.97 Å². The first-order chi connectivity index (χ1) is 14.9. The molecule has 4 unspecified atom stereocenters. The molecule has 32 heavy (non-hydrogen) atoms. The zero-order chi connectivity index (χ0) is 24.8. The molecule has 14 nitrogen and oxygen atoms in total. The van der Waals surface area contributed by atoms with Gasteiger partial charge in [-0.1, -0.05) is 0 Å². The molecule has 182 valence electrons. The van der Waals surface area contributed by atoms with Crippen LogP contribution < -0.4 is 38.9 Å². The van der Waals surface area contributed by atoms with E-state index in [9.17, 15) is 24.0 Å². The maximum absolute atomic E-state index is 12.3. The lowest BCUT2D eigenvalue weighted by molar-refractivity contribution is -0.142. The Kier molecular flexibility index (Phi) is 13.4. The van der Waals surface area contributed by atoms with Crippen molar-refractivity contribution in [2.75, 3.05) is 12.3 Å². The highest BCUT2D eigenvalue weighted by molar-refractivity contribution is 7.80. The van der Waals surface area contributed by atoms with E-state index in [1.165, 1.54) is 6.92 Å². The van der Waals surface area contributed by atoms with E-state index in [-0.39, 0.29) is 31.0 Å². The molecular formula is C17H32N8O6S. The lowest BCUT2D eigenvalue weighted by Crippen LogP contribution is -2.57. The molecule has 0 aromatic heterocycles. The molecule has 0 aliphatic heterocycles. The van der Waals surface area contributed by atoms with E-state index in [0.717, 1.165) is 0 Å². The molecule has 0 aliphatic carbocycles. The van der Waals surface area contributed by atoms with Crippen LogP contribution in [0.15, 0.2) is 4.99 Å². The number of nitrogens with zero attached hydrogens (tertiary/aromatic N) is 1. The van der Waals surface area contributed by atoms with Gasteiger partial charge in [-0.05, 0) is 26.2 Å². The van der Waals surface area contributed by atoms with Gasteiger partial charge in [-0.25, -0.2) is 4.79 Å². The Morgan fingerprint density at radius 1 is 0.938 bits per heavy atom.